The van der Waals surface area contributed by atoms with Crippen molar-refractivity contribution in [1.29, 1.82) is 0 Å². The predicted octanol–water partition coefficient (Wildman–Crippen LogP) is 17.8. The van der Waals surface area contributed by atoms with E-state index in [1.807, 2.05) is 0 Å². The second-order valence-corrected chi connectivity index (χ2v) is 18.9. The summed E-state index contributed by atoms with van der Waals surface area (Å²) in [6, 6.07) is 0. The van der Waals surface area contributed by atoms with E-state index in [4.69, 9.17) is 0 Å². The summed E-state index contributed by atoms with van der Waals surface area (Å²) in [6.07, 6.45) is -184. The van der Waals surface area contributed by atoms with Crippen LogP contribution in [0.5, 0.6) is 0 Å². The van der Waals surface area contributed by atoms with Crippen LogP contribution in [0.15, 0.2) is 0 Å². The lowest BCUT2D eigenvalue weighted by Gasteiger charge is -2.45. The standard InChI is InChI=1S/C35H13F59N2O10/c1-96(2)5-3-4-95-6(97)7(36,17(47,48)49)98-28(79,80)9(39,19(53,54)55)100-30(83,84)11(41,21(59,60)61)102-32(87,88)13(43,23(65,66)67)104-34(91,92)15(45,25(71,72)73)106-35(93,94)16(46,26(74,75)76)105-33(89,90)14(44,24(68,69)70)103-31(85,86)12(42,22(62,63)64)101-29(81,82)10(40,20(56,57)58)99-27(77,78)8(37,38)18(50,51)52/h3-5H2,1-2H3,(H,95,97). The lowest BCUT2D eigenvalue weighted by Crippen LogP contribution is -2.74. The van der Waals surface area contributed by atoms with E-state index in [1.165, 1.54) is 4.74 Å². The molecule has 9 unspecified atom stereocenters. The highest BCUT2D eigenvalue weighted by Crippen LogP contribution is 2.66. The van der Waals surface area contributed by atoms with Crippen molar-refractivity contribution in [1.82, 2.24) is 10.2 Å². The van der Waals surface area contributed by atoms with Crippen LogP contribution in [-0.2, 0) is 47.4 Å². The number of nitrogens with one attached hydrogen (secondary N) is 1. The van der Waals surface area contributed by atoms with Crippen LogP contribution >= 0.6 is 0 Å². The van der Waals surface area contributed by atoms with Gasteiger partial charge in [0.25, 0.3) is 5.91 Å². The van der Waals surface area contributed by atoms with Gasteiger partial charge < -0.3 is 10.2 Å². The minimum atomic E-state index is -10.5. The van der Waals surface area contributed by atoms with Crippen LogP contribution in [0.1, 0.15) is 6.42 Å². The monoisotopic (exact) mass is 1740 g/mol. The van der Waals surface area contributed by atoms with Crippen molar-refractivity contribution < 1.29 is 306 Å². The Balaban J connectivity index is 8.79. The van der Waals surface area contributed by atoms with Gasteiger partial charge >= 0.3 is 175 Å². The minimum Gasteiger partial charge on any atom is -0.351 e. The first-order valence-corrected chi connectivity index (χ1v) is 22.8. The van der Waals surface area contributed by atoms with E-state index in [0.29, 0.717) is 38.5 Å². The average molecular weight is 1740 g/mol. The number of hydrogen-bond acceptors (Lipinski definition) is 11. The number of nitrogens with zero attached hydrogens (tertiary/aromatic N) is 1. The van der Waals surface area contributed by atoms with Crippen LogP contribution in [0, 0.1) is 0 Å². The Morgan fingerprint density at radius 3 is 0.509 bits per heavy atom. The molecule has 1 amide bonds. The van der Waals surface area contributed by atoms with Crippen molar-refractivity contribution in [2.75, 3.05) is 27.2 Å². The highest BCUT2D eigenvalue weighted by atomic mass is 19.5. The van der Waals surface area contributed by atoms with Crippen LogP contribution < -0.4 is 5.32 Å². The van der Waals surface area contributed by atoms with Gasteiger partial charge in [0.05, 0.1) is 0 Å². The molecule has 0 saturated heterocycles. The second kappa shape index (κ2) is 27.7. The SMILES string of the molecule is CN(C)CCCNC(=O)C(F)(OC(F)(F)C(F)(OC(F)(F)C(F)(OC(F)(F)C(F)(OC(F)(F)C(F)(OC(F)(F)C(F)(OC(F)(F)C(F)(OC(F)(F)C(F)(OC(F)(F)C(F)(OC(F)(F)C(F)(F)C(F)(F)F)C(F)(F)F)C(F)(F)F)C(F)(F)F)C(F)(F)F)C(F)(F)F)C(F)(F)F)C(F)(F)F)C(F)(F)F)C(F)(F)F. The number of alkyl halides is 59. The number of carbonyl (C=O) groups is 1. The maximum Gasteiger partial charge on any atom is 0.462 e. The molecule has 12 nitrogen and oxygen atoms in total. The van der Waals surface area contributed by atoms with Crippen molar-refractivity contribution >= 4 is 5.91 Å². The third-order valence-corrected chi connectivity index (χ3v) is 10.8. The van der Waals surface area contributed by atoms with E-state index >= 15 is 26.3 Å². The Morgan fingerprint density at radius 1 is 0.226 bits per heavy atom. The molecule has 106 heavy (non-hydrogen) atoms. The molecule has 0 aromatic carbocycles. The Kier molecular flexibility index (Phi) is 26.4. The fourth-order valence-corrected chi connectivity index (χ4v) is 5.55. The summed E-state index contributed by atoms with van der Waals surface area (Å²) in [6.45, 7) is -2.25. The molecule has 0 rings (SSSR count). The number of ether oxygens (including phenoxy) is 9. The minimum absolute atomic E-state index is 0.348. The van der Waals surface area contributed by atoms with Gasteiger partial charge in [0.2, 0.25) is 0 Å². The summed E-state index contributed by atoms with van der Waals surface area (Å²) in [7, 11) is 1.97. The third-order valence-electron chi connectivity index (χ3n) is 10.8. The topological polar surface area (TPSA) is 115 Å². The van der Waals surface area contributed by atoms with Gasteiger partial charge in [-0.2, -0.15) is 259 Å². The average Bonchev–Trinajstić information content (AvgIpc) is 0.706. The molecule has 0 aliphatic heterocycles. The van der Waals surface area contributed by atoms with Crippen LogP contribution in [0.25, 0.3) is 0 Å². The molecule has 636 valence electrons. The van der Waals surface area contributed by atoms with Gasteiger partial charge in [-0.3, -0.25) is 47.4 Å². The molecule has 0 aromatic heterocycles. The Hall–Kier alpha value is -5.06. The zero-order valence-corrected chi connectivity index (χ0v) is 46.5. The number of hydrogen-bond donors (Lipinski definition) is 1. The normalized spacial score (nSPS) is 20.8. The molecule has 0 heterocycles. The van der Waals surface area contributed by atoms with Gasteiger partial charge in [-0.1, -0.05) is 0 Å². The zero-order chi connectivity index (χ0) is 86.8. The van der Waals surface area contributed by atoms with Crippen LogP contribution in [0.3, 0.4) is 0 Å². The molecule has 0 spiro atoms. The van der Waals surface area contributed by atoms with Crippen molar-refractivity contribution in [3.8, 4) is 0 Å². The summed E-state index contributed by atoms with van der Waals surface area (Å²) in [5.41, 5.74) is 0. The molecule has 0 aliphatic rings. The van der Waals surface area contributed by atoms with Gasteiger partial charge in [0.15, 0.2) is 0 Å². The number of amides is 1. The number of rotatable bonds is 32. The maximum absolute atomic E-state index is 15.2. The summed E-state index contributed by atoms with van der Waals surface area (Å²) >= 11 is 0. The van der Waals surface area contributed by atoms with Gasteiger partial charge in [-0.25, -0.2) is 0 Å². The summed E-state index contributed by atoms with van der Waals surface area (Å²) in [5, 5.41) is 0.404. The molecular weight excluding hydrogens is 1730 g/mol. The lowest BCUT2D eigenvalue weighted by molar-refractivity contribution is -0.612. The van der Waals surface area contributed by atoms with E-state index in [1.54, 1.807) is 0 Å². The van der Waals surface area contributed by atoms with Crippen LogP contribution in [0.4, 0.5) is 259 Å². The van der Waals surface area contributed by atoms with E-state index in [2.05, 4.69) is 0 Å². The lowest BCUT2D eigenvalue weighted by atomic mass is 10.1. The quantitative estimate of drug-likeness (QED) is 0.0513. The molecule has 9 atom stereocenters. The number of carbonyl (C=O) groups excluding carboxylic acids is 1. The fraction of sp³-hybridized carbons (Fsp3) is 0.971. The second-order valence-electron chi connectivity index (χ2n) is 18.9. The highest BCUT2D eigenvalue weighted by molar-refractivity contribution is 5.84. The molecule has 0 aliphatic carbocycles. The summed E-state index contributed by atoms with van der Waals surface area (Å²) in [4.78, 5) is 12.7. The van der Waals surface area contributed by atoms with Gasteiger partial charge in [-0.15, -0.1) is 0 Å². The molecule has 0 radical (unpaired) electrons. The smallest absolute Gasteiger partial charge is 0.351 e. The van der Waals surface area contributed by atoms with Gasteiger partial charge in [0, 0.05) is 6.54 Å². The van der Waals surface area contributed by atoms with Crippen LogP contribution in [-0.4, -0.2) is 213 Å². The first kappa shape index (κ1) is 101. The van der Waals surface area contributed by atoms with E-state index < -0.39 is 201 Å². The van der Waals surface area contributed by atoms with E-state index in [9.17, 15) is 237 Å². The van der Waals surface area contributed by atoms with Crippen molar-refractivity contribution in [3.05, 3.63) is 0 Å². The van der Waals surface area contributed by atoms with E-state index in [0.717, 1.165) is 23.7 Å². The molecule has 71 heteroatoms. The molecular formula is C35H13F59N2O10. The molecule has 0 saturated carbocycles. The first-order chi connectivity index (χ1) is 45.0. The zero-order valence-electron chi connectivity index (χ0n) is 46.5. The van der Waals surface area contributed by atoms with Gasteiger partial charge in [0.1, 0.15) is 0 Å². The third kappa shape index (κ3) is 17.5. The van der Waals surface area contributed by atoms with Gasteiger partial charge in [-0.05, 0) is 27.1 Å². The molecule has 0 aromatic rings. The summed E-state index contributed by atoms with van der Waals surface area (Å²) in [5.74, 6) is -102. The molecule has 0 bridgehead atoms. The maximum atomic E-state index is 15.2. The highest BCUT2D eigenvalue weighted by Gasteiger charge is 2.95. The Bertz CT molecular complexity index is 3000. The van der Waals surface area contributed by atoms with Crippen molar-refractivity contribution in [2.45, 2.75) is 182 Å². The first-order valence-electron chi connectivity index (χ1n) is 22.8. The Morgan fingerprint density at radius 2 is 0.377 bits per heavy atom. The van der Waals surface area contributed by atoms with Crippen molar-refractivity contribution in [3.63, 3.8) is 0 Å². The van der Waals surface area contributed by atoms with Crippen LogP contribution in [0.2, 0.25) is 0 Å². The van der Waals surface area contributed by atoms with E-state index in [-0.39, 0.29) is 0 Å². The molecule has 1 N–H and O–H groups in total. The Labute approximate surface area is 532 Å². The summed E-state index contributed by atoms with van der Waals surface area (Å²) < 4.78 is 834. The predicted molar refractivity (Wildman–Crippen MR) is 191 cm³/mol. The number of halogens is 59. The largest absolute Gasteiger partial charge is 0.462 e. The fourth-order valence-electron chi connectivity index (χ4n) is 5.55. The van der Waals surface area contributed by atoms with Crippen molar-refractivity contribution in [2.24, 2.45) is 0 Å². The molecule has 0 fully saturated rings.